The zero-order valence-electron chi connectivity index (χ0n) is 13.5. The molecule has 0 aliphatic heterocycles. The van der Waals surface area contributed by atoms with Crippen molar-refractivity contribution in [1.82, 2.24) is 13.4 Å². The Balaban J connectivity index is 2.58. The third-order valence-corrected chi connectivity index (χ3v) is 5.72. The molecule has 0 unspecified atom stereocenters. The molecule has 122 valence electrons. The van der Waals surface area contributed by atoms with Gasteiger partial charge in [0, 0.05) is 27.2 Å². The fourth-order valence-corrected chi connectivity index (χ4v) is 4.29. The van der Waals surface area contributed by atoms with E-state index in [9.17, 15) is 13.2 Å². The van der Waals surface area contributed by atoms with Crippen LogP contribution in [0.15, 0.2) is 27.9 Å². The van der Waals surface area contributed by atoms with Crippen LogP contribution in [-0.2, 0) is 24.1 Å². The van der Waals surface area contributed by atoms with Gasteiger partial charge in [-0.2, -0.15) is 4.31 Å². The molecule has 1 aromatic carbocycles. The van der Waals surface area contributed by atoms with E-state index in [1.807, 2.05) is 13.8 Å². The number of sulfonamides is 1. The zero-order valence-corrected chi connectivity index (χ0v) is 14.4. The number of imidazole rings is 1. The maximum Gasteiger partial charge on any atom is 0.328 e. The molecule has 1 heterocycles. The van der Waals surface area contributed by atoms with Crippen LogP contribution in [0.5, 0.6) is 0 Å². The Bertz CT molecular complexity index is 828. The van der Waals surface area contributed by atoms with E-state index in [-0.39, 0.29) is 10.6 Å². The molecular formula is C15H23N3O3S. The molecule has 0 atom stereocenters. The fraction of sp³-hybridized carbons (Fsp3) is 0.533. The minimum atomic E-state index is -3.53. The molecule has 0 N–H and O–H groups in total. The molecule has 0 aliphatic rings. The molecule has 1 aromatic heterocycles. The standard InChI is InChI=1S/C15H23N3O3S/c1-5-9-18(10-6-2)22(20,21)12-7-8-13-14(11-12)17(4)15(19)16(13)3/h7-8,11H,5-6,9-10H2,1-4H3. The van der Waals surface area contributed by atoms with Crippen molar-refractivity contribution in [3.63, 3.8) is 0 Å². The lowest BCUT2D eigenvalue weighted by Crippen LogP contribution is -2.32. The highest BCUT2D eigenvalue weighted by molar-refractivity contribution is 7.89. The van der Waals surface area contributed by atoms with Crippen molar-refractivity contribution in [2.75, 3.05) is 13.1 Å². The van der Waals surface area contributed by atoms with E-state index < -0.39 is 10.0 Å². The van der Waals surface area contributed by atoms with Gasteiger partial charge in [0.2, 0.25) is 10.0 Å². The van der Waals surface area contributed by atoms with Gasteiger partial charge in [0.05, 0.1) is 15.9 Å². The van der Waals surface area contributed by atoms with Crippen molar-refractivity contribution in [2.24, 2.45) is 14.1 Å². The third-order valence-electron chi connectivity index (χ3n) is 3.83. The molecule has 2 aromatic rings. The molecule has 0 radical (unpaired) electrons. The Morgan fingerprint density at radius 3 is 2.09 bits per heavy atom. The van der Waals surface area contributed by atoms with Gasteiger partial charge in [0.25, 0.3) is 0 Å². The molecule has 0 spiro atoms. The Morgan fingerprint density at radius 2 is 1.55 bits per heavy atom. The van der Waals surface area contributed by atoms with Gasteiger partial charge >= 0.3 is 5.69 Å². The molecule has 0 saturated heterocycles. The number of hydrogen-bond donors (Lipinski definition) is 0. The van der Waals surface area contributed by atoms with Crippen molar-refractivity contribution >= 4 is 21.1 Å². The average Bonchev–Trinajstić information content (AvgIpc) is 2.71. The molecule has 2 rings (SSSR count). The number of hydrogen-bond acceptors (Lipinski definition) is 3. The molecule has 7 heteroatoms. The molecule has 0 saturated carbocycles. The van der Waals surface area contributed by atoms with Gasteiger partial charge in [-0.15, -0.1) is 0 Å². The first-order chi connectivity index (χ1) is 10.3. The Kier molecular flexibility index (Phi) is 4.77. The second kappa shape index (κ2) is 6.26. The summed E-state index contributed by atoms with van der Waals surface area (Å²) in [7, 11) is -0.199. The summed E-state index contributed by atoms with van der Waals surface area (Å²) in [6.45, 7) is 4.93. The van der Waals surface area contributed by atoms with E-state index in [2.05, 4.69) is 0 Å². The van der Waals surface area contributed by atoms with Gasteiger partial charge in [-0.25, -0.2) is 13.2 Å². The van der Waals surface area contributed by atoms with Crippen LogP contribution >= 0.6 is 0 Å². The van der Waals surface area contributed by atoms with Crippen molar-refractivity contribution in [2.45, 2.75) is 31.6 Å². The second-order valence-corrected chi connectivity index (χ2v) is 7.39. The maximum atomic E-state index is 12.8. The van der Waals surface area contributed by atoms with Gasteiger partial charge in [-0.1, -0.05) is 13.8 Å². The lowest BCUT2D eigenvalue weighted by molar-refractivity contribution is 0.410. The smallest absolute Gasteiger partial charge is 0.295 e. The lowest BCUT2D eigenvalue weighted by Gasteiger charge is -2.21. The first-order valence-corrected chi connectivity index (χ1v) is 8.94. The summed E-state index contributed by atoms with van der Waals surface area (Å²) < 4.78 is 30.1. The van der Waals surface area contributed by atoms with Gasteiger partial charge in [-0.3, -0.25) is 9.13 Å². The largest absolute Gasteiger partial charge is 0.328 e. The molecule has 0 amide bonds. The summed E-state index contributed by atoms with van der Waals surface area (Å²) in [4.78, 5) is 12.2. The number of aryl methyl sites for hydroxylation is 2. The zero-order chi connectivity index (χ0) is 16.5. The number of fused-ring (bicyclic) bond motifs is 1. The summed E-state index contributed by atoms with van der Waals surface area (Å²) in [5, 5.41) is 0. The van der Waals surface area contributed by atoms with E-state index in [0.29, 0.717) is 18.6 Å². The quantitative estimate of drug-likeness (QED) is 0.812. The van der Waals surface area contributed by atoms with Crippen LogP contribution in [0.1, 0.15) is 26.7 Å². The van der Waals surface area contributed by atoms with Crippen molar-refractivity contribution in [1.29, 1.82) is 0 Å². The molecule has 6 nitrogen and oxygen atoms in total. The van der Waals surface area contributed by atoms with Crippen molar-refractivity contribution in [3.8, 4) is 0 Å². The predicted molar refractivity (Wildman–Crippen MR) is 87.5 cm³/mol. The van der Waals surface area contributed by atoms with Crippen LogP contribution < -0.4 is 5.69 Å². The van der Waals surface area contributed by atoms with Gasteiger partial charge < -0.3 is 0 Å². The van der Waals surface area contributed by atoms with Crippen LogP contribution in [0, 0.1) is 0 Å². The molecule has 0 aliphatic carbocycles. The van der Waals surface area contributed by atoms with E-state index in [0.717, 1.165) is 18.4 Å². The van der Waals surface area contributed by atoms with E-state index in [1.54, 1.807) is 32.3 Å². The summed E-state index contributed by atoms with van der Waals surface area (Å²) in [5.74, 6) is 0. The topological polar surface area (TPSA) is 64.3 Å². The molecule has 22 heavy (non-hydrogen) atoms. The Labute approximate surface area is 131 Å². The van der Waals surface area contributed by atoms with Gasteiger partial charge in [0.1, 0.15) is 0 Å². The summed E-state index contributed by atoms with van der Waals surface area (Å²) >= 11 is 0. The first kappa shape index (κ1) is 16.8. The van der Waals surface area contributed by atoms with E-state index in [4.69, 9.17) is 0 Å². The van der Waals surface area contributed by atoms with Crippen LogP contribution in [0.2, 0.25) is 0 Å². The van der Waals surface area contributed by atoms with E-state index in [1.165, 1.54) is 13.4 Å². The van der Waals surface area contributed by atoms with Crippen molar-refractivity contribution in [3.05, 3.63) is 28.7 Å². The SMILES string of the molecule is CCCN(CCC)S(=O)(=O)c1ccc2c(c1)n(C)c(=O)n2C. The van der Waals surface area contributed by atoms with Crippen molar-refractivity contribution < 1.29 is 8.42 Å². The Hall–Kier alpha value is -1.60. The molecular weight excluding hydrogens is 302 g/mol. The monoisotopic (exact) mass is 325 g/mol. The number of rotatable bonds is 6. The predicted octanol–water partition coefficient (Wildman–Crippen LogP) is 1.69. The normalized spacial score (nSPS) is 12.4. The maximum absolute atomic E-state index is 12.8. The highest BCUT2D eigenvalue weighted by Gasteiger charge is 2.24. The number of aromatic nitrogens is 2. The summed E-state index contributed by atoms with van der Waals surface area (Å²) in [5.41, 5.74) is 1.19. The lowest BCUT2D eigenvalue weighted by atomic mass is 10.3. The first-order valence-electron chi connectivity index (χ1n) is 7.50. The Morgan fingerprint density at radius 1 is 1.00 bits per heavy atom. The minimum absolute atomic E-state index is 0.163. The van der Waals surface area contributed by atoms with E-state index >= 15 is 0 Å². The van der Waals surface area contributed by atoms with Gasteiger partial charge in [-0.05, 0) is 31.0 Å². The highest BCUT2D eigenvalue weighted by Crippen LogP contribution is 2.21. The molecule has 0 bridgehead atoms. The van der Waals surface area contributed by atoms with Gasteiger partial charge in [0.15, 0.2) is 0 Å². The average molecular weight is 325 g/mol. The minimum Gasteiger partial charge on any atom is -0.295 e. The fourth-order valence-electron chi connectivity index (χ4n) is 2.65. The van der Waals surface area contributed by atoms with Crippen LogP contribution in [0.4, 0.5) is 0 Å². The third kappa shape index (κ3) is 2.70. The van der Waals surface area contributed by atoms with Crippen LogP contribution in [0.25, 0.3) is 11.0 Å². The number of nitrogens with zero attached hydrogens (tertiary/aromatic N) is 3. The van der Waals surface area contributed by atoms with Crippen LogP contribution in [0.3, 0.4) is 0 Å². The summed E-state index contributed by atoms with van der Waals surface area (Å²) in [6.07, 6.45) is 1.54. The summed E-state index contributed by atoms with van der Waals surface area (Å²) in [6, 6.07) is 4.86. The number of benzene rings is 1. The second-order valence-electron chi connectivity index (χ2n) is 5.46. The van der Waals surface area contributed by atoms with Crippen LogP contribution in [-0.4, -0.2) is 34.9 Å². The molecule has 0 fully saturated rings. The highest BCUT2D eigenvalue weighted by atomic mass is 32.2.